The fraction of sp³-hybridized carbons (Fsp3) is 0.385. The number of carboxylic acids is 1. The Morgan fingerprint density at radius 3 is 2.25 bits per heavy atom. The molecule has 10 nitrogen and oxygen atoms in total. The van der Waals surface area contributed by atoms with Crippen LogP contribution in [0.4, 0.5) is 5.69 Å². The number of hydrogen-bond acceptors (Lipinski definition) is 8. The number of carbonyl (C=O) groups excluding carboxylic acids is 3. The van der Waals surface area contributed by atoms with E-state index in [1.165, 1.54) is 40.4 Å². The van der Waals surface area contributed by atoms with Crippen LogP contribution in [0.5, 0.6) is 11.5 Å². The largest absolute Gasteiger partial charge is 0.497 e. The predicted molar refractivity (Wildman–Crippen MR) is 128 cm³/mol. The first-order valence-electron chi connectivity index (χ1n) is 11.4. The monoisotopic (exact) mass is 496 g/mol. The molecule has 2 aromatic rings. The highest BCUT2D eigenvalue weighted by Gasteiger charge is 2.67. The predicted octanol–water partition coefficient (Wildman–Crippen LogP) is 2.35. The molecule has 36 heavy (non-hydrogen) atoms. The SMILES string of the molecule is CCc1ccc(N2C(=O)C3C(c4cc(OC)cc(OC)c4C(=O)OC)NC(C)(C(=O)O)C3C2=O)cc1. The topological polar surface area (TPSA) is 131 Å². The third-order valence-corrected chi connectivity index (χ3v) is 7.12. The Bertz CT molecular complexity index is 1240. The van der Waals surface area contributed by atoms with Gasteiger partial charge in [0.05, 0.1) is 38.9 Å². The first-order chi connectivity index (χ1) is 17.1. The van der Waals surface area contributed by atoms with Crippen LogP contribution < -0.4 is 19.7 Å². The lowest BCUT2D eigenvalue weighted by Crippen LogP contribution is -2.53. The summed E-state index contributed by atoms with van der Waals surface area (Å²) in [5.41, 5.74) is -0.150. The number of nitrogens with one attached hydrogen (secondary N) is 1. The van der Waals surface area contributed by atoms with E-state index in [2.05, 4.69) is 5.32 Å². The fourth-order valence-electron chi connectivity index (χ4n) is 5.19. The Hall–Kier alpha value is -3.92. The summed E-state index contributed by atoms with van der Waals surface area (Å²) in [6, 6.07) is 8.96. The molecule has 4 rings (SSSR count). The van der Waals surface area contributed by atoms with Gasteiger partial charge in [0.15, 0.2) is 0 Å². The molecule has 10 heteroatoms. The van der Waals surface area contributed by atoms with E-state index < -0.39 is 47.2 Å². The van der Waals surface area contributed by atoms with Crippen molar-refractivity contribution in [3.05, 3.63) is 53.1 Å². The number of aliphatic carboxylic acids is 1. The minimum absolute atomic E-state index is 0.0117. The Labute approximate surface area is 208 Å². The second-order valence-corrected chi connectivity index (χ2v) is 8.95. The summed E-state index contributed by atoms with van der Waals surface area (Å²) < 4.78 is 15.7. The smallest absolute Gasteiger partial charge is 0.341 e. The number of carbonyl (C=O) groups is 4. The third-order valence-electron chi connectivity index (χ3n) is 7.12. The van der Waals surface area contributed by atoms with Crippen LogP contribution >= 0.6 is 0 Å². The second kappa shape index (κ2) is 9.27. The van der Waals surface area contributed by atoms with Crippen LogP contribution in [0.3, 0.4) is 0 Å². The number of anilines is 1. The van der Waals surface area contributed by atoms with Gasteiger partial charge >= 0.3 is 11.9 Å². The number of esters is 1. The van der Waals surface area contributed by atoms with Gasteiger partial charge in [0, 0.05) is 12.1 Å². The molecule has 0 aliphatic carbocycles. The molecule has 0 aromatic heterocycles. The number of benzene rings is 2. The van der Waals surface area contributed by atoms with Gasteiger partial charge in [-0.15, -0.1) is 0 Å². The van der Waals surface area contributed by atoms with Gasteiger partial charge in [-0.25, -0.2) is 9.69 Å². The van der Waals surface area contributed by atoms with Crippen molar-refractivity contribution in [2.75, 3.05) is 26.2 Å². The average Bonchev–Trinajstić information content (AvgIpc) is 3.35. The minimum atomic E-state index is -1.79. The second-order valence-electron chi connectivity index (χ2n) is 8.95. The van der Waals surface area contributed by atoms with E-state index in [-0.39, 0.29) is 16.9 Å². The molecule has 0 saturated carbocycles. The van der Waals surface area contributed by atoms with E-state index >= 15 is 0 Å². The number of aryl methyl sites for hydroxylation is 1. The van der Waals surface area contributed by atoms with Crippen molar-refractivity contribution in [3.63, 3.8) is 0 Å². The first-order valence-corrected chi connectivity index (χ1v) is 11.4. The lowest BCUT2D eigenvalue weighted by Gasteiger charge is -2.28. The summed E-state index contributed by atoms with van der Waals surface area (Å²) in [7, 11) is 3.99. The average molecular weight is 497 g/mol. The zero-order valence-electron chi connectivity index (χ0n) is 20.7. The summed E-state index contributed by atoms with van der Waals surface area (Å²) in [4.78, 5) is 53.7. The van der Waals surface area contributed by atoms with Crippen LogP contribution in [0.25, 0.3) is 0 Å². The molecule has 4 atom stereocenters. The number of imide groups is 1. The fourth-order valence-corrected chi connectivity index (χ4v) is 5.19. The van der Waals surface area contributed by atoms with Crippen LogP contribution in [-0.2, 0) is 25.5 Å². The van der Waals surface area contributed by atoms with Gasteiger partial charge < -0.3 is 19.3 Å². The lowest BCUT2D eigenvalue weighted by molar-refractivity contribution is -0.147. The number of hydrogen-bond donors (Lipinski definition) is 2. The van der Waals surface area contributed by atoms with Crippen LogP contribution in [-0.4, -0.2) is 55.7 Å². The molecular formula is C26H28N2O8. The van der Waals surface area contributed by atoms with Crippen molar-refractivity contribution < 1.29 is 38.5 Å². The van der Waals surface area contributed by atoms with E-state index in [1.807, 2.05) is 19.1 Å². The number of rotatable bonds is 7. The Morgan fingerprint density at radius 2 is 1.72 bits per heavy atom. The summed E-state index contributed by atoms with van der Waals surface area (Å²) >= 11 is 0. The van der Waals surface area contributed by atoms with Crippen molar-refractivity contribution in [1.29, 1.82) is 0 Å². The van der Waals surface area contributed by atoms with Crippen LogP contribution in [0.2, 0.25) is 0 Å². The molecule has 2 saturated heterocycles. The molecule has 0 spiro atoms. The summed E-state index contributed by atoms with van der Waals surface area (Å²) in [6.07, 6.45) is 0.782. The highest BCUT2D eigenvalue weighted by atomic mass is 16.5. The van der Waals surface area contributed by atoms with Crippen LogP contribution in [0.15, 0.2) is 36.4 Å². The van der Waals surface area contributed by atoms with Gasteiger partial charge in [0.25, 0.3) is 0 Å². The number of methoxy groups -OCH3 is 3. The van der Waals surface area contributed by atoms with Gasteiger partial charge in [-0.3, -0.25) is 19.7 Å². The van der Waals surface area contributed by atoms with Gasteiger partial charge in [0.1, 0.15) is 22.6 Å². The number of nitrogens with zero attached hydrogens (tertiary/aromatic N) is 1. The molecule has 2 aromatic carbocycles. The number of amides is 2. The molecule has 2 fully saturated rings. The number of fused-ring (bicyclic) bond motifs is 1. The van der Waals surface area contributed by atoms with E-state index in [9.17, 15) is 24.3 Å². The summed E-state index contributed by atoms with van der Waals surface area (Å²) in [5, 5.41) is 13.1. The molecule has 2 heterocycles. The zero-order valence-corrected chi connectivity index (χ0v) is 20.7. The molecule has 0 bridgehead atoms. The minimum Gasteiger partial charge on any atom is -0.497 e. The van der Waals surface area contributed by atoms with E-state index in [0.717, 1.165) is 16.9 Å². The van der Waals surface area contributed by atoms with Crippen LogP contribution in [0.1, 0.15) is 41.4 Å². The maximum atomic E-state index is 13.8. The van der Waals surface area contributed by atoms with E-state index in [1.54, 1.807) is 12.1 Å². The normalized spacial score (nSPS) is 25.0. The van der Waals surface area contributed by atoms with Crippen molar-refractivity contribution >= 4 is 29.4 Å². The number of ether oxygens (including phenoxy) is 3. The molecule has 0 radical (unpaired) electrons. The van der Waals surface area contributed by atoms with Crippen molar-refractivity contribution in [2.45, 2.75) is 31.8 Å². The number of carboxylic acid groups (broad SMARTS) is 1. The molecule has 2 aliphatic heterocycles. The molecule has 190 valence electrons. The highest BCUT2D eigenvalue weighted by molar-refractivity contribution is 6.24. The van der Waals surface area contributed by atoms with Crippen molar-refractivity contribution in [3.8, 4) is 11.5 Å². The summed E-state index contributed by atoms with van der Waals surface area (Å²) in [5.74, 6) is -5.10. The van der Waals surface area contributed by atoms with Gasteiger partial charge in [-0.2, -0.15) is 0 Å². The molecule has 2 N–H and O–H groups in total. The van der Waals surface area contributed by atoms with Crippen molar-refractivity contribution in [2.24, 2.45) is 11.8 Å². The van der Waals surface area contributed by atoms with E-state index in [0.29, 0.717) is 11.4 Å². The molecule has 2 aliphatic rings. The zero-order chi connectivity index (χ0) is 26.4. The van der Waals surface area contributed by atoms with Gasteiger partial charge in [0.2, 0.25) is 11.8 Å². The molecule has 2 amide bonds. The lowest BCUT2D eigenvalue weighted by atomic mass is 9.80. The van der Waals surface area contributed by atoms with E-state index in [4.69, 9.17) is 14.2 Å². The maximum Gasteiger partial charge on any atom is 0.341 e. The van der Waals surface area contributed by atoms with Crippen molar-refractivity contribution in [1.82, 2.24) is 5.32 Å². The quantitative estimate of drug-likeness (QED) is 0.438. The Kier molecular flexibility index (Phi) is 6.48. The Balaban J connectivity index is 1.91. The van der Waals surface area contributed by atoms with Gasteiger partial charge in [-0.1, -0.05) is 19.1 Å². The standard InChI is InChI=1S/C26H28N2O8/c1-6-13-7-9-14(10-8-13)28-22(29)19-20(23(28)30)26(2,25(32)33)27-21(19)16-11-15(34-3)12-17(35-4)18(16)24(31)36-5/h7-12,19-21,27H,6H2,1-5H3,(H,32,33). The maximum absolute atomic E-state index is 13.8. The highest BCUT2D eigenvalue weighted by Crippen LogP contribution is 2.51. The molecule has 4 unspecified atom stereocenters. The third kappa shape index (κ3) is 3.69. The Morgan fingerprint density at radius 1 is 1.06 bits per heavy atom. The molecular weight excluding hydrogens is 468 g/mol. The van der Waals surface area contributed by atoms with Gasteiger partial charge in [-0.05, 0) is 42.7 Å². The van der Waals surface area contributed by atoms with Crippen LogP contribution in [0, 0.1) is 11.8 Å². The summed E-state index contributed by atoms with van der Waals surface area (Å²) in [6.45, 7) is 3.36. The first kappa shape index (κ1) is 25.2.